The Balaban J connectivity index is 1.45. The number of carbonyl (C=O) groups excluding carboxylic acids is 1. The molecule has 0 N–H and O–H groups in total. The van der Waals surface area contributed by atoms with Gasteiger partial charge < -0.3 is 14.2 Å². The first kappa shape index (κ1) is 19.0. The first-order chi connectivity index (χ1) is 12.3. The summed E-state index contributed by atoms with van der Waals surface area (Å²) in [6.07, 6.45) is 4.01. The molecule has 0 heterocycles. The molecule has 0 bridgehead atoms. The van der Waals surface area contributed by atoms with Crippen molar-refractivity contribution in [2.24, 2.45) is 0 Å². The van der Waals surface area contributed by atoms with E-state index in [2.05, 4.69) is 0 Å². The molecule has 2 aromatic rings. The minimum absolute atomic E-state index is 0.247. The van der Waals surface area contributed by atoms with Crippen LogP contribution >= 0.6 is 0 Å². The molecule has 2 aromatic carbocycles. The molecule has 0 amide bonds. The van der Waals surface area contributed by atoms with Gasteiger partial charge in [-0.3, -0.25) is 0 Å². The molecule has 0 fully saturated rings. The van der Waals surface area contributed by atoms with Crippen molar-refractivity contribution in [1.29, 1.82) is 0 Å². The van der Waals surface area contributed by atoms with E-state index < -0.39 is 0 Å². The van der Waals surface area contributed by atoms with Crippen LogP contribution in [0.25, 0.3) is 0 Å². The first-order valence-electron chi connectivity index (χ1n) is 8.72. The van der Waals surface area contributed by atoms with E-state index in [9.17, 15) is 4.79 Å². The van der Waals surface area contributed by atoms with Crippen LogP contribution in [0.2, 0.25) is 0 Å². The van der Waals surface area contributed by atoms with Crippen LogP contribution in [0.15, 0.2) is 54.6 Å². The van der Waals surface area contributed by atoms with Crippen LogP contribution in [-0.4, -0.2) is 26.3 Å². The Hall–Kier alpha value is -2.33. The molecule has 0 saturated heterocycles. The fourth-order valence-electron chi connectivity index (χ4n) is 2.39. The highest BCUT2D eigenvalue weighted by Gasteiger charge is 2.04. The third kappa shape index (κ3) is 7.40. The van der Waals surface area contributed by atoms with E-state index in [1.807, 2.05) is 42.5 Å². The van der Waals surface area contributed by atoms with Gasteiger partial charge in [0.1, 0.15) is 5.75 Å². The maximum atomic E-state index is 11.7. The molecular formula is C21H26O4. The third-order valence-electron chi connectivity index (χ3n) is 3.85. The Morgan fingerprint density at radius 2 is 1.52 bits per heavy atom. The van der Waals surface area contributed by atoms with Crippen LogP contribution in [-0.2, 0) is 16.1 Å². The van der Waals surface area contributed by atoms with Gasteiger partial charge in [0.2, 0.25) is 0 Å². The lowest BCUT2D eigenvalue weighted by atomic mass is 10.2. The van der Waals surface area contributed by atoms with Crippen LogP contribution in [0.1, 0.15) is 41.6 Å². The van der Waals surface area contributed by atoms with Crippen LogP contribution in [0.3, 0.4) is 0 Å². The zero-order chi connectivity index (χ0) is 17.7. The number of methoxy groups -OCH3 is 1. The normalized spacial score (nSPS) is 10.4. The van der Waals surface area contributed by atoms with Crippen molar-refractivity contribution >= 4 is 5.97 Å². The zero-order valence-electron chi connectivity index (χ0n) is 14.8. The van der Waals surface area contributed by atoms with Crippen LogP contribution < -0.4 is 4.74 Å². The quantitative estimate of drug-likeness (QED) is 0.441. The maximum Gasteiger partial charge on any atom is 0.338 e. The summed E-state index contributed by atoms with van der Waals surface area (Å²) in [5.41, 5.74) is 1.75. The highest BCUT2D eigenvalue weighted by atomic mass is 16.5. The number of ether oxygens (including phenoxy) is 3. The fraction of sp³-hybridized carbons (Fsp3) is 0.381. The van der Waals surface area contributed by atoms with Crippen molar-refractivity contribution < 1.29 is 19.0 Å². The summed E-state index contributed by atoms with van der Waals surface area (Å²) in [7, 11) is 1.66. The summed E-state index contributed by atoms with van der Waals surface area (Å²) >= 11 is 0. The lowest BCUT2D eigenvalue weighted by molar-refractivity contribution is 0.0496. The van der Waals surface area contributed by atoms with Crippen molar-refractivity contribution in [3.8, 4) is 5.75 Å². The van der Waals surface area contributed by atoms with Crippen molar-refractivity contribution in [3.63, 3.8) is 0 Å². The monoisotopic (exact) mass is 342 g/mol. The van der Waals surface area contributed by atoms with E-state index in [4.69, 9.17) is 14.2 Å². The first-order valence-corrected chi connectivity index (χ1v) is 8.72. The van der Waals surface area contributed by atoms with Gasteiger partial charge in [-0.25, -0.2) is 4.79 Å². The van der Waals surface area contributed by atoms with E-state index in [-0.39, 0.29) is 5.97 Å². The largest absolute Gasteiger partial charge is 0.497 e. The number of unbranched alkanes of at least 4 members (excludes halogenated alkanes) is 3. The highest BCUT2D eigenvalue weighted by molar-refractivity contribution is 5.89. The summed E-state index contributed by atoms with van der Waals surface area (Å²) in [6, 6.07) is 17.0. The summed E-state index contributed by atoms with van der Waals surface area (Å²) in [4.78, 5) is 11.7. The van der Waals surface area contributed by atoms with Crippen LogP contribution in [0.4, 0.5) is 0 Å². The Labute approximate surface area is 149 Å². The molecule has 134 valence electrons. The molecule has 0 aliphatic heterocycles. The minimum atomic E-state index is -0.247. The number of benzene rings is 2. The van der Waals surface area contributed by atoms with E-state index in [1.54, 1.807) is 19.2 Å². The topological polar surface area (TPSA) is 44.8 Å². The van der Waals surface area contributed by atoms with Gasteiger partial charge in [0, 0.05) is 6.61 Å². The molecule has 0 aliphatic carbocycles. The molecule has 0 radical (unpaired) electrons. The SMILES string of the molecule is COc1ccc(COCCCCCCOC(=O)c2ccccc2)cc1. The molecule has 2 rings (SSSR count). The van der Waals surface area contributed by atoms with Crippen LogP contribution in [0, 0.1) is 0 Å². The molecule has 0 spiro atoms. The highest BCUT2D eigenvalue weighted by Crippen LogP contribution is 2.12. The molecule has 0 aliphatic rings. The van der Waals surface area contributed by atoms with Crippen molar-refractivity contribution in [2.75, 3.05) is 20.3 Å². The number of carbonyl (C=O) groups is 1. The van der Waals surface area contributed by atoms with Gasteiger partial charge in [0.25, 0.3) is 0 Å². The predicted octanol–water partition coefficient (Wildman–Crippen LogP) is 4.63. The van der Waals surface area contributed by atoms with Gasteiger partial charge in [0.15, 0.2) is 0 Å². The average Bonchev–Trinajstić information content (AvgIpc) is 2.67. The average molecular weight is 342 g/mol. The van der Waals surface area contributed by atoms with Crippen LogP contribution in [0.5, 0.6) is 5.75 Å². The van der Waals surface area contributed by atoms with Gasteiger partial charge in [-0.15, -0.1) is 0 Å². The Morgan fingerprint density at radius 1 is 0.840 bits per heavy atom. The lowest BCUT2D eigenvalue weighted by Gasteiger charge is -2.06. The molecule has 4 heteroatoms. The Kier molecular flexibility index (Phi) is 8.56. The molecule has 0 unspecified atom stereocenters. The van der Waals surface area contributed by atoms with E-state index in [0.717, 1.165) is 43.6 Å². The molecule has 0 aromatic heterocycles. The number of hydrogen-bond donors (Lipinski definition) is 0. The van der Waals surface area contributed by atoms with Gasteiger partial charge in [0.05, 0.1) is 25.9 Å². The molecule has 4 nitrogen and oxygen atoms in total. The maximum absolute atomic E-state index is 11.7. The zero-order valence-corrected chi connectivity index (χ0v) is 14.8. The summed E-state index contributed by atoms with van der Waals surface area (Å²) in [6.45, 7) is 1.84. The Morgan fingerprint density at radius 3 is 2.20 bits per heavy atom. The molecule has 0 saturated carbocycles. The lowest BCUT2D eigenvalue weighted by Crippen LogP contribution is -2.06. The summed E-state index contributed by atoms with van der Waals surface area (Å²) < 4.78 is 16.0. The molecule has 0 atom stereocenters. The smallest absolute Gasteiger partial charge is 0.338 e. The summed E-state index contributed by atoms with van der Waals surface area (Å²) in [5.74, 6) is 0.611. The Bertz CT molecular complexity index is 608. The number of rotatable bonds is 11. The fourth-order valence-corrected chi connectivity index (χ4v) is 2.39. The van der Waals surface area contributed by atoms with E-state index >= 15 is 0 Å². The second kappa shape index (κ2) is 11.3. The number of esters is 1. The van der Waals surface area contributed by atoms with E-state index in [0.29, 0.717) is 18.8 Å². The van der Waals surface area contributed by atoms with Gasteiger partial charge in [-0.05, 0) is 49.1 Å². The standard InChI is InChI=1S/C21H26O4/c1-23-20-13-11-18(12-14-20)17-24-15-7-2-3-8-16-25-21(22)19-9-5-4-6-10-19/h4-6,9-14H,2-3,7-8,15-17H2,1H3. The second-order valence-electron chi connectivity index (χ2n) is 5.82. The van der Waals surface area contributed by atoms with Gasteiger partial charge in [-0.1, -0.05) is 36.8 Å². The molecule has 25 heavy (non-hydrogen) atoms. The summed E-state index contributed by atoms with van der Waals surface area (Å²) in [5, 5.41) is 0. The number of hydrogen-bond acceptors (Lipinski definition) is 4. The van der Waals surface area contributed by atoms with Crippen molar-refractivity contribution in [2.45, 2.75) is 32.3 Å². The predicted molar refractivity (Wildman–Crippen MR) is 97.8 cm³/mol. The third-order valence-corrected chi connectivity index (χ3v) is 3.85. The van der Waals surface area contributed by atoms with Gasteiger partial charge >= 0.3 is 5.97 Å². The molecular weight excluding hydrogens is 316 g/mol. The van der Waals surface area contributed by atoms with Crippen molar-refractivity contribution in [3.05, 3.63) is 65.7 Å². The van der Waals surface area contributed by atoms with Gasteiger partial charge in [-0.2, -0.15) is 0 Å². The van der Waals surface area contributed by atoms with Crippen molar-refractivity contribution in [1.82, 2.24) is 0 Å². The second-order valence-corrected chi connectivity index (χ2v) is 5.82. The minimum Gasteiger partial charge on any atom is -0.497 e. The van der Waals surface area contributed by atoms with E-state index in [1.165, 1.54) is 0 Å².